The lowest BCUT2D eigenvalue weighted by Gasteiger charge is -2.33. The number of morpholine rings is 1. The van der Waals surface area contributed by atoms with E-state index >= 15 is 0 Å². The van der Waals surface area contributed by atoms with Gasteiger partial charge in [-0.1, -0.05) is 18.2 Å². The first-order valence-electron chi connectivity index (χ1n) is 6.81. The van der Waals surface area contributed by atoms with Gasteiger partial charge in [0.05, 0.1) is 18.8 Å². The third-order valence-corrected chi connectivity index (χ3v) is 3.85. The summed E-state index contributed by atoms with van der Waals surface area (Å²) in [6, 6.07) is 6.98. The van der Waals surface area contributed by atoms with Crippen LogP contribution in [-0.2, 0) is 16.6 Å². The fourth-order valence-corrected chi connectivity index (χ4v) is 2.75. The number of aromatic nitrogens is 1. The molecule has 1 atom stereocenters. The van der Waals surface area contributed by atoms with Crippen molar-refractivity contribution in [3.05, 3.63) is 36.0 Å². The zero-order valence-corrected chi connectivity index (χ0v) is 11.8. The SMILES string of the molecule is Cn1cc(C(=O)N2CCOCC2C(N)=O)c2ccccc21. The zero-order chi connectivity index (χ0) is 15.0. The van der Waals surface area contributed by atoms with Gasteiger partial charge in [0, 0.05) is 30.7 Å². The maximum absolute atomic E-state index is 12.8. The van der Waals surface area contributed by atoms with Crippen molar-refractivity contribution in [1.82, 2.24) is 9.47 Å². The molecule has 1 aliphatic rings. The van der Waals surface area contributed by atoms with E-state index in [9.17, 15) is 9.59 Å². The van der Waals surface area contributed by atoms with Crippen LogP contribution in [0.3, 0.4) is 0 Å². The third kappa shape index (κ3) is 2.27. The van der Waals surface area contributed by atoms with E-state index in [1.165, 1.54) is 4.90 Å². The van der Waals surface area contributed by atoms with Gasteiger partial charge in [0.25, 0.3) is 5.91 Å². The molecule has 0 saturated carbocycles. The Morgan fingerprint density at radius 1 is 1.33 bits per heavy atom. The van der Waals surface area contributed by atoms with E-state index in [1.54, 1.807) is 6.20 Å². The fraction of sp³-hybridized carbons (Fsp3) is 0.333. The normalized spacial score (nSPS) is 18.9. The second-order valence-corrected chi connectivity index (χ2v) is 5.16. The highest BCUT2D eigenvalue weighted by Crippen LogP contribution is 2.23. The Kier molecular flexibility index (Phi) is 3.39. The number of hydrogen-bond acceptors (Lipinski definition) is 3. The minimum absolute atomic E-state index is 0.159. The molecule has 2 N–H and O–H groups in total. The van der Waals surface area contributed by atoms with Crippen molar-refractivity contribution in [1.29, 1.82) is 0 Å². The smallest absolute Gasteiger partial charge is 0.256 e. The van der Waals surface area contributed by atoms with Gasteiger partial charge in [-0.05, 0) is 6.07 Å². The lowest BCUT2D eigenvalue weighted by molar-refractivity contribution is -0.127. The maximum atomic E-state index is 12.8. The number of para-hydroxylation sites is 1. The van der Waals surface area contributed by atoms with Gasteiger partial charge in [-0.15, -0.1) is 0 Å². The molecule has 0 spiro atoms. The molecule has 6 heteroatoms. The minimum Gasteiger partial charge on any atom is -0.377 e. The van der Waals surface area contributed by atoms with E-state index in [0.29, 0.717) is 18.7 Å². The van der Waals surface area contributed by atoms with Crippen LogP contribution in [0.4, 0.5) is 0 Å². The van der Waals surface area contributed by atoms with Crippen LogP contribution in [0, 0.1) is 0 Å². The van der Waals surface area contributed by atoms with Crippen LogP contribution in [0.5, 0.6) is 0 Å². The summed E-state index contributed by atoms with van der Waals surface area (Å²) in [5, 5.41) is 0.875. The number of fused-ring (bicyclic) bond motifs is 1. The summed E-state index contributed by atoms with van der Waals surface area (Å²) in [5.74, 6) is -0.720. The number of primary amides is 1. The van der Waals surface area contributed by atoms with Crippen molar-refractivity contribution >= 4 is 22.7 Å². The summed E-state index contributed by atoms with van der Waals surface area (Å²) in [6.07, 6.45) is 1.79. The van der Waals surface area contributed by atoms with Crippen LogP contribution >= 0.6 is 0 Å². The molecule has 6 nitrogen and oxygen atoms in total. The third-order valence-electron chi connectivity index (χ3n) is 3.85. The summed E-state index contributed by atoms with van der Waals surface area (Å²) in [6.45, 7) is 0.946. The molecule has 2 amide bonds. The first-order valence-corrected chi connectivity index (χ1v) is 6.81. The Balaban J connectivity index is 2.01. The highest BCUT2D eigenvalue weighted by atomic mass is 16.5. The summed E-state index contributed by atoms with van der Waals surface area (Å²) in [4.78, 5) is 25.8. The lowest BCUT2D eigenvalue weighted by atomic mass is 10.1. The van der Waals surface area contributed by atoms with Crippen molar-refractivity contribution in [3.63, 3.8) is 0 Å². The molecule has 1 unspecified atom stereocenters. The number of ether oxygens (including phenoxy) is 1. The Labute approximate surface area is 122 Å². The van der Waals surface area contributed by atoms with Crippen LogP contribution < -0.4 is 5.73 Å². The molecule has 1 aliphatic heterocycles. The molecule has 1 aromatic heterocycles. The van der Waals surface area contributed by atoms with Crippen molar-refractivity contribution in [2.45, 2.75) is 6.04 Å². The number of carbonyl (C=O) groups excluding carboxylic acids is 2. The molecule has 2 heterocycles. The van der Waals surface area contributed by atoms with Crippen LogP contribution in [0.15, 0.2) is 30.5 Å². The number of rotatable bonds is 2. The minimum atomic E-state index is -0.704. The van der Waals surface area contributed by atoms with Crippen molar-refractivity contribution in [3.8, 4) is 0 Å². The Bertz CT molecular complexity index is 707. The van der Waals surface area contributed by atoms with Crippen molar-refractivity contribution in [2.75, 3.05) is 19.8 Å². The molecule has 0 bridgehead atoms. The summed E-state index contributed by atoms with van der Waals surface area (Å²) in [7, 11) is 1.89. The van der Waals surface area contributed by atoms with E-state index in [0.717, 1.165) is 10.9 Å². The predicted molar refractivity (Wildman–Crippen MR) is 77.8 cm³/mol. The predicted octanol–water partition coefficient (Wildman–Crippen LogP) is 0.505. The van der Waals surface area contributed by atoms with E-state index < -0.39 is 11.9 Å². The molecule has 0 aliphatic carbocycles. The largest absolute Gasteiger partial charge is 0.377 e. The quantitative estimate of drug-likeness (QED) is 0.874. The molecule has 2 aromatic rings. The monoisotopic (exact) mass is 287 g/mol. The van der Waals surface area contributed by atoms with Gasteiger partial charge in [0.2, 0.25) is 5.91 Å². The van der Waals surface area contributed by atoms with Gasteiger partial charge >= 0.3 is 0 Å². The Morgan fingerprint density at radius 2 is 2.10 bits per heavy atom. The fourth-order valence-electron chi connectivity index (χ4n) is 2.75. The summed E-state index contributed by atoms with van der Waals surface area (Å²) in [5.41, 5.74) is 6.93. The van der Waals surface area contributed by atoms with Gasteiger partial charge in [-0.25, -0.2) is 0 Å². The molecule has 110 valence electrons. The number of nitrogens with zero attached hydrogens (tertiary/aromatic N) is 2. The topological polar surface area (TPSA) is 77.6 Å². The first kappa shape index (κ1) is 13.6. The number of carbonyl (C=O) groups is 2. The molecular weight excluding hydrogens is 270 g/mol. The van der Waals surface area contributed by atoms with Crippen molar-refractivity contribution < 1.29 is 14.3 Å². The average molecular weight is 287 g/mol. The molecule has 3 rings (SSSR count). The zero-order valence-electron chi connectivity index (χ0n) is 11.8. The summed E-state index contributed by atoms with van der Waals surface area (Å²) < 4.78 is 7.16. The molecule has 1 aromatic carbocycles. The second kappa shape index (κ2) is 5.21. The van der Waals surface area contributed by atoms with Crippen molar-refractivity contribution in [2.24, 2.45) is 12.8 Å². The lowest BCUT2D eigenvalue weighted by Crippen LogP contribution is -2.54. The number of benzene rings is 1. The van der Waals surface area contributed by atoms with Crippen LogP contribution in [0.1, 0.15) is 10.4 Å². The molecule has 21 heavy (non-hydrogen) atoms. The first-order chi connectivity index (χ1) is 10.1. The number of nitrogens with two attached hydrogens (primary N) is 1. The Hall–Kier alpha value is -2.34. The Morgan fingerprint density at radius 3 is 2.86 bits per heavy atom. The van der Waals surface area contributed by atoms with E-state index in [4.69, 9.17) is 10.5 Å². The number of hydrogen-bond donors (Lipinski definition) is 1. The molecular formula is C15H17N3O3. The molecule has 1 fully saturated rings. The van der Waals surface area contributed by atoms with Crippen LogP contribution in [0.2, 0.25) is 0 Å². The standard InChI is InChI=1S/C15H17N3O3/c1-17-8-11(10-4-2-3-5-12(10)17)15(20)18-6-7-21-9-13(18)14(16)19/h2-5,8,13H,6-7,9H2,1H3,(H2,16,19). The van der Waals surface area contributed by atoms with Gasteiger partial charge in [-0.3, -0.25) is 9.59 Å². The van der Waals surface area contributed by atoms with Gasteiger partial charge in [0.1, 0.15) is 6.04 Å². The molecule has 1 saturated heterocycles. The second-order valence-electron chi connectivity index (χ2n) is 5.16. The van der Waals surface area contributed by atoms with E-state index in [-0.39, 0.29) is 12.5 Å². The van der Waals surface area contributed by atoms with E-state index in [1.807, 2.05) is 35.9 Å². The number of amides is 2. The highest BCUT2D eigenvalue weighted by molar-refractivity contribution is 6.08. The molecule has 0 radical (unpaired) electrons. The van der Waals surface area contributed by atoms with Gasteiger partial charge in [-0.2, -0.15) is 0 Å². The van der Waals surface area contributed by atoms with Crippen LogP contribution in [0.25, 0.3) is 10.9 Å². The average Bonchev–Trinajstić information content (AvgIpc) is 2.84. The van der Waals surface area contributed by atoms with E-state index in [2.05, 4.69) is 0 Å². The maximum Gasteiger partial charge on any atom is 0.256 e. The van der Waals surface area contributed by atoms with Gasteiger partial charge in [0.15, 0.2) is 0 Å². The van der Waals surface area contributed by atoms with Gasteiger partial charge < -0.3 is 19.9 Å². The van der Waals surface area contributed by atoms with Crippen LogP contribution in [-0.4, -0.2) is 47.1 Å². The summed E-state index contributed by atoms with van der Waals surface area (Å²) >= 11 is 0. The number of aryl methyl sites for hydroxylation is 1. The highest BCUT2D eigenvalue weighted by Gasteiger charge is 2.33.